The van der Waals surface area contributed by atoms with Crippen molar-refractivity contribution in [2.45, 2.75) is 13.3 Å². The molecular formula is C18H16N2OS. The van der Waals surface area contributed by atoms with Crippen LogP contribution in [0.25, 0.3) is 10.8 Å². The number of amides is 1. The first-order chi connectivity index (χ1) is 10.7. The number of hydrogen-bond donors (Lipinski definition) is 1. The van der Waals surface area contributed by atoms with Crippen LogP contribution in [0.15, 0.2) is 65.1 Å². The van der Waals surface area contributed by atoms with Crippen molar-refractivity contribution in [2.24, 2.45) is 5.10 Å². The quantitative estimate of drug-likeness (QED) is 0.575. The molecule has 2 aromatic carbocycles. The Morgan fingerprint density at radius 2 is 1.91 bits per heavy atom. The summed E-state index contributed by atoms with van der Waals surface area (Å²) in [5.74, 6) is -0.0948. The van der Waals surface area contributed by atoms with Gasteiger partial charge < -0.3 is 0 Å². The first-order valence-electron chi connectivity index (χ1n) is 7.07. The molecule has 0 aliphatic carbocycles. The number of thiophene rings is 1. The van der Waals surface area contributed by atoms with Gasteiger partial charge in [0, 0.05) is 4.88 Å². The van der Waals surface area contributed by atoms with Crippen LogP contribution in [0.2, 0.25) is 0 Å². The van der Waals surface area contributed by atoms with E-state index in [4.69, 9.17) is 0 Å². The van der Waals surface area contributed by atoms with E-state index in [-0.39, 0.29) is 5.91 Å². The smallest absolute Gasteiger partial charge is 0.245 e. The Labute approximate surface area is 133 Å². The van der Waals surface area contributed by atoms with Gasteiger partial charge >= 0.3 is 0 Å². The fourth-order valence-corrected chi connectivity index (χ4v) is 2.94. The van der Waals surface area contributed by atoms with Crippen molar-refractivity contribution in [3.63, 3.8) is 0 Å². The largest absolute Gasteiger partial charge is 0.273 e. The van der Waals surface area contributed by atoms with Gasteiger partial charge in [0.05, 0.1) is 12.1 Å². The molecule has 0 bridgehead atoms. The Hall–Kier alpha value is -2.46. The van der Waals surface area contributed by atoms with Crippen LogP contribution < -0.4 is 5.43 Å². The highest BCUT2D eigenvalue weighted by Crippen LogP contribution is 2.16. The molecule has 1 N–H and O–H groups in total. The normalized spacial score (nSPS) is 11.6. The number of hydrazone groups is 1. The zero-order chi connectivity index (χ0) is 15.4. The molecule has 0 aliphatic rings. The van der Waals surface area contributed by atoms with Crippen molar-refractivity contribution in [2.75, 3.05) is 0 Å². The average Bonchev–Trinajstić information content (AvgIpc) is 3.05. The van der Waals surface area contributed by atoms with Crippen LogP contribution in [0.4, 0.5) is 0 Å². The van der Waals surface area contributed by atoms with Crippen LogP contribution in [-0.4, -0.2) is 11.6 Å². The summed E-state index contributed by atoms with van der Waals surface area (Å²) in [5, 5.41) is 8.53. The first-order valence-corrected chi connectivity index (χ1v) is 7.95. The van der Waals surface area contributed by atoms with Crippen LogP contribution in [-0.2, 0) is 11.2 Å². The minimum Gasteiger partial charge on any atom is -0.273 e. The summed E-state index contributed by atoms with van der Waals surface area (Å²) in [6.45, 7) is 1.90. The van der Waals surface area contributed by atoms with E-state index >= 15 is 0 Å². The zero-order valence-electron chi connectivity index (χ0n) is 12.2. The van der Waals surface area contributed by atoms with Crippen molar-refractivity contribution in [1.29, 1.82) is 0 Å². The summed E-state index contributed by atoms with van der Waals surface area (Å²) in [4.78, 5) is 12.9. The van der Waals surface area contributed by atoms with Crippen LogP contribution in [0, 0.1) is 0 Å². The Morgan fingerprint density at radius 1 is 1.09 bits per heavy atom. The molecule has 110 valence electrons. The van der Waals surface area contributed by atoms with E-state index in [0.717, 1.165) is 16.2 Å². The summed E-state index contributed by atoms with van der Waals surface area (Å²) in [5.41, 5.74) is 4.43. The number of fused-ring (bicyclic) bond motifs is 1. The van der Waals surface area contributed by atoms with E-state index in [1.165, 1.54) is 10.8 Å². The highest BCUT2D eigenvalue weighted by Gasteiger charge is 2.04. The molecule has 4 heteroatoms. The molecule has 0 unspecified atom stereocenters. The van der Waals surface area contributed by atoms with Crippen molar-refractivity contribution < 1.29 is 4.79 Å². The van der Waals surface area contributed by atoms with Crippen LogP contribution in [0.1, 0.15) is 17.4 Å². The second-order valence-corrected chi connectivity index (χ2v) is 6.08. The predicted octanol–water partition coefficient (Wildman–Crippen LogP) is 3.98. The number of carbonyl (C=O) groups is 1. The third-order valence-electron chi connectivity index (χ3n) is 3.43. The fourth-order valence-electron chi connectivity index (χ4n) is 2.24. The van der Waals surface area contributed by atoms with E-state index in [2.05, 4.69) is 34.8 Å². The van der Waals surface area contributed by atoms with E-state index in [1.54, 1.807) is 11.3 Å². The maximum atomic E-state index is 11.8. The molecule has 1 heterocycles. The summed E-state index contributed by atoms with van der Waals surface area (Å²) in [7, 11) is 0. The van der Waals surface area contributed by atoms with Gasteiger partial charge in [0.1, 0.15) is 0 Å². The maximum absolute atomic E-state index is 11.8. The Morgan fingerprint density at radius 3 is 2.68 bits per heavy atom. The van der Waals surface area contributed by atoms with Crippen LogP contribution >= 0.6 is 11.3 Å². The highest BCUT2D eigenvalue weighted by molar-refractivity contribution is 7.10. The first kappa shape index (κ1) is 14.5. The maximum Gasteiger partial charge on any atom is 0.245 e. The van der Waals surface area contributed by atoms with Gasteiger partial charge in [-0.25, -0.2) is 5.43 Å². The summed E-state index contributed by atoms with van der Waals surface area (Å²) in [6, 6.07) is 18.2. The van der Waals surface area contributed by atoms with Crippen LogP contribution in [0.3, 0.4) is 0 Å². The van der Waals surface area contributed by atoms with Crippen molar-refractivity contribution in [3.05, 3.63) is 70.4 Å². The molecule has 3 nitrogen and oxygen atoms in total. The lowest BCUT2D eigenvalue weighted by Crippen LogP contribution is -2.20. The van der Waals surface area contributed by atoms with Crippen molar-refractivity contribution >= 4 is 33.7 Å². The monoisotopic (exact) mass is 308 g/mol. The fraction of sp³-hybridized carbons (Fsp3) is 0.111. The van der Waals surface area contributed by atoms with Gasteiger partial charge in [-0.05, 0) is 40.8 Å². The van der Waals surface area contributed by atoms with E-state index in [9.17, 15) is 4.79 Å². The standard InChI is InChI=1S/C18H16N2OS/c1-13(19-20-18(21)12-17-7-4-10-22-17)15-9-8-14-5-2-3-6-16(14)11-15/h2-11H,12H2,1H3,(H,20,21). The third-order valence-corrected chi connectivity index (χ3v) is 4.31. The minimum atomic E-state index is -0.0948. The van der Waals surface area contributed by atoms with Gasteiger partial charge in [-0.2, -0.15) is 5.10 Å². The lowest BCUT2D eigenvalue weighted by atomic mass is 10.0. The number of nitrogens with one attached hydrogen (secondary N) is 1. The molecule has 0 radical (unpaired) electrons. The van der Waals surface area contributed by atoms with Gasteiger partial charge in [-0.1, -0.05) is 42.5 Å². The van der Waals surface area contributed by atoms with Gasteiger partial charge in [0.25, 0.3) is 0 Å². The molecule has 1 amide bonds. The molecule has 22 heavy (non-hydrogen) atoms. The lowest BCUT2D eigenvalue weighted by molar-refractivity contribution is -0.120. The molecule has 0 fully saturated rings. The van der Waals surface area contributed by atoms with Crippen molar-refractivity contribution in [1.82, 2.24) is 5.43 Å². The summed E-state index contributed by atoms with van der Waals surface area (Å²) in [6.07, 6.45) is 0.367. The van der Waals surface area contributed by atoms with E-state index in [1.807, 2.05) is 42.6 Å². The third kappa shape index (κ3) is 3.40. The van der Waals surface area contributed by atoms with E-state index < -0.39 is 0 Å². The number of rotatable bonds is 4. The molecule has 0 aliphatic heterocycles. The molecule has 3 rings (SSSR count). The molecule has 1 aromatic heterocycles. The average molecular weight is 308 g/mol. The topological polar surface area (TPSA) is 41.5 Å². The second-order valence-electron chi connectivity index (χ2n) is 5.05. The minimum absolute atomic E-state index is 0.0948. The molecule has 0 saturated carbocycles. The van der Waals surface area contributed by atoms with Gasteiger partial charge in [0.15, 0.2) is 0 Å². The summed E-state index contributed by atoms with van der Waals surface area (Å²) >= 11 is 1.57. The van der Waals surface area contributed by atoms with Crippen molar-refractivity contribution in [3.8, 4) is 0 Å². The Bertz CT molecular complexity index is 822. The number of carbonyl (C=O) groups excluding carboxylic acids is 1. The Kier molecular flexibility index (Phi) is 4.30. The highest BCUT2D eigenvalue weighted by atomic mass is 32.1. The second kappa shape index (κ2) is 6.54. The Balaban J connectivity index is 1.71. The predicted molar refractivity (Wildman–Crippen MR) is 92.3 cm³/mol. The SMILES string of the molecule is CC(=NNC(=O)Cc1cccs1)c1ccc2ccccc2c1. The van der Waals surface area contributed by atoms with Gasteiger partial charge in [0.2, 0.25) is 5.91 Å². The zero-order valence-corrected chi connectivity index (χ0v) is 13.1. The number of benzene rings is 2. The lowest BCUT2D eigenvalue weighted by Gasteiger charge is -2.04. The molecule has 0 saturated heterocycles. The van der Waals surface area contributed by atoms with Crippen LogP contribution in [0.5, 0.6) is 0 Å². The molecule has 0 spiro atoms. The number of hydrogen-bond acceptors (Lipinski definition) is 3. The molecular weight excluding hydrogens is 292 g/mol. The van der Waals surface area contributed by atoms with Gasteiger partial charge in [-0.15, -0.1) is 11.3 Å². The molecule has 3 aromatic rings. The molecule has 0 atom stereocenters. The van der Waals surface area contributed by atoms with E-state index in [0.29, 0.717) is 6.42 Å². The van der Waals surface area contributed by atoms with Gasteiger partial charge in [-0.3, -0.25) is 4.79 Å². The number of nitrogens with zero attached hydrogens (tertiary/aromatic N) is 1. The summed E-state index contributed by atoms with van der Waals surface area (Å²) < 4.78 is 0.